The zero-order valence-corrected chi connectivity index (χ0v) is 21.8. The number of nitriles is 1. The van der Waals surface area contributed by atoms with Crippen molar-refractivity contribution in [2.24, 2.45) is 5.73 Å². The largest absolute Gasteiger partial charge is 0.490 e. The molecule has 3 aromatic carbocycles. The Balaban J connectivity index is 1.43. The number of ether oxygens (including phenoxy) is 5. The van der Waals surface area contributed by atoms with Gasteiger partial charge < -0.3 is 29.4 Å². The van der Waals surface area contributed by atoms with Crippen molar-refractivity contribution in [3.8, 4) is 46.2 Å². The number of rotatable bonds is 6. The highest BCUT2D eigenvalue weighted by Crippen LogP contribution is 2.48. The number of halogens is 1. The number of H-pyrrole nitrogens is 1. The van der Waals surface area contributed by atoms with Gasteiger partial charge in [0, 0.05) is 5.56 Å². The second-order valence-corrected chi connectivity index (χ2v) is 9.23. The van der Waals surface area contributed by atoms with Gasteiger partial charge in [0.2, 0.25) is 18.6 Å². The number of carbonyl (C=O) groups is 1. The van der Waals surface area contributed by atoms with Crippen molar-refractivity contribution in [1.82, 2.24) is 10.2 Å². The van der Waals surface area contributed by atoms with Crippen LogP contribution in [0.2, 0.25) is 5.02 Å². The summed E-state index contributed by atoms with van der Waals surface area (Å²) in [6.07, 6.45) is 0. The van der Waals surface area contributed by atoms with Crippen molar-refractivity contribution in [2.75, 3.05) is 13.4 Å². The van der Waals surface area contributed by atoms with Gasteiger partial charge in [0.1, 0.15) is 11.6 Å². The van der Waals surface area contributed by atoms with E-state index >= 15 is 0 Å². The molecule has 0 saturated heterocycles. The minimum atomic E-state index is -0.666. The first-order valence-corrected chi connectivity index (χ1v) is 12.7. The fourth-order valence-corrected chi connectivity index (χ4v) is 4.90. The highest BCUT2D eigenvalue weighted by atomic mass is 35.5. The molecule has 0 saturated carbocycles. The van der Waals surface area contributed by atoms with Crippen LogP contribution in [0.4, 0.5) is 0 Å². The van der Waals surface area contributed by atoms with Crippen LogP contribution in [0.15, 0.2) is 72.1 Å². The maximum Gasteiger partial charge on any atom is 0.345 e. The fourth-order valence-electron chi connectivity index (χ4n) is 4.69. The molecule has 11 heteroatoms. The predicted octanol–water partition coefficient (Wildman–Crippen LogP) is 5.29. The Kier molecular flexibility index (Phi) is 6.42. The van der Waals surface area contributed by atoms with Crippen LogP contribution >= 0.6 is 11.6 Å². The Hall–Kier alpha value is -5.14. The third kappa shape index (κ3) is 4.32. The molecule has 1 atom stereocenters. The molecule has 0 unspecified atom stereocenters. The number of aromatic amines is 1. The number of aromatic nitrogens is 2. The van der Waals surface area contributed by atoms with Crippen LogP contribution in [0.1, 0.15) is 34.3 Å². The molecule has 1 aromatic heterocycles. The predicted molar refractivity (Wildman–Crippen MR) is 143 cm³/mol. The van der Waals surface area contributed by atoms with Gasteiger partial charge in [0.25, 0.3) is 0 Å². The van der Waals surface area contributed by atoms with E-state index in [1.807, 2.05) is 19.1 Å². The average molecular weight is 557 g/mol. The van der Waals surface area contributed by atoms with Gasteiger partial charge >= 0.3 is 5.97 Å². The van der Waals surface area contributed by atoms with Gasteiger partial charge in [-0.2, -0.15) is 5.26 Å². The lowest BCUT2D eigenvalue weighted by molar-refractivity contribution is 0.0728. The number of nitrogens with zero attached hydrogens (tertiary/aromatic N) is 2. The third-order valence-electron chi connectivity index (χ3n) is 6.50. The molecule has 0 bridgehead atoms. The molecule has 0 fully saturated rings. The number of hydrogen-bond donors (Lipinski definition) is 2. The number of benzene rings is 3. The molecule has 2 aliphatic rings. The van der Waals surface area contributed by atoms with Crippen LogP contribution < -0.4 is 29.4 Å². The number of allylic oxidation sites excluding steroid dienone is 1. The lowest BCUT2D eigenvalue weighted by Gasteiger charge is -2.25. The molecule has 10 nitrogen and oxygen atoms in total. The lowest BCUT2D eigenvalue weighted by Crippen LogP contribution is -2.21. The highest BCUT2D eigenvalue weighted by Gasteiger charge is 2.36. The number of hydrogen-bond acceptors (Lipinski definition) is 9. The summed E-state index contributed by atoms with van der Waals surface area (Å²) in [6, 6.07) is 19.3. The van der Waals surface area contributed by atoms with Crippen molar-refractivity contribution in [3.63, 3.8) is 0 Å². The normalized spacial score (nSPS) is 15.2. The Morgan fingerprint density at radius 3 is 2.77 bits per heavy atom. The molecule has 2 aliphatic heterocycles. The van der Waals surface area contributed by atoms with Crippen LogP contribution in [-0.2, 0) is 0 Å². The van der Waals surface area contributed by atoms with Crippen molar-refractivity contribution in [1.29, 1.82) is 5.26 Å². The van der Waals surface area contributed by atoms with Crippen LogP contribution in [0.3, 0.4) is 0 Å². The van der Waals surface area contributed by atoms with E-state index in [0.29, 0.717) is 40.7 Å². The summed E-state index contributed by atoms with van der Waals surface area (Å²) < 4.78 is 28.2. The molecule has 3 N–H and O–H groups in total. The number of carbonyl (C=O) groups excluding carboxylic acids is 1. The van der Waals surface area contributed by atoms with Gasteiger partial charge in [-0.05, 0) is 55.0 Å². The van der Waals surface area contributed by atoms with E-state index in [9.17, 15) is 10.1 Å². The van der Waals surface area contributed by atoms with Crippen LogP contribution in [0, 0.1) is 11.3 Å². The standard InChI is InChI=1S/C29H21ClN4O6/c1-2-36-23-11-15(7-10-21(23)39-29(35)17-5-3-4-6-19(17)30)24-18(13-31)27(32)40-28-25(24)26(33-34-28)16-8-9-20-22(12-16)38-14-37-20/h3-12,24H,2,14,32H2,1H3,(H,33,34)/t24-/m0/s1. The Labute approximate surface area is 233 Å². The van der Waals surface area contributed by atoms with E-state index < -0.39 is 11.9 Å². The Bertz CT molecular complexity index is 1720. The first-order chi connectivity index (χ1) is 19.5. The topological polar surface area (TPSA) is 142 Å². The van der Waals surface area contributed by atoms with Gasteiger partial charge in [-0.1, -0.05) is 29.8 Å². The lowest BCUT2D eigenvalue weighted by atomic mass is 9.83. The molecule has 6 rings (SSSR count). The summed E-state index contributed by atoms with van der Waals surface area (Å²) in [7, 11) is 0. The minimum absolute atomic E-state index is 0.0593. The first-order valence-electron chi connectivity index (χ1n) is 12.3. The van der Waals surface area contributed by atoms with E-state index in [0.717, 1.165) is 5.56 Å². The first kappa shape index (κ1) is 25.2. The molecule has 0 spiro atoms. The van der Waals surface area contributed by atoms with Gasteiger partial charge in [0.15, 0.2) is 23.0 Å². The van der Waals surface area contributed by atoms with E-state index in [4.69, 9.17) is 41.0 Å². The molecule has 0 radical (unpaired) electrons. The van der Waals surface area contributed by atoms with Crippen molar-refractivity contribution in [3.05, 3.63) is 93.8 Å². The molecule has 0 aliphatic carbocycles. The SMILES string of the molecule is CCOc1cc([C@H]2C(C#N)=C(N)Oc3n[nH]c(-c4ccc5c(c4)OCO5)c32)ccc1OC(=O)c1ccccc1Cl. The van der Waals surface area contributed by atoms with Gasteiger partial charge in [-0.3, -0.25) is 5.10 Å². The summed E-state index contributed by atoms with van der Waals surface area (Å²) in [5, 5.41) is 17.7. The molecule has 3 heterocycles. The van der Waals surface area contributed by atoms with E-state index in [2.05, 4.69) is 16.3 Å². The van der Waals surface area contributed by atoms with Gasteiger partial charge in [-0.25, -0.2) is 4.79 Å². The summed E-state index contributed by atoms with van der Waals surface area (Å²) in [4.78, 5) is 12.9. The zero-order chi connectivity index (χ0) is 27.8. The molecule has 40 heavy (non-hydrogen) atoms. The molecular formula is C29H21ClN4O6. The van der Waals surface area contributed by atoms with E-state index in [1.165, 1.54) is 0 Å². The summed E-state index contributed by atoms with van der Waals surface area (Å²) in [6.45, 7) is 2.25. The Morgan fingerprint density at radius 2 is 1.98 bits per heavy atom. The summed E-state index contributed by atoms with van der Waals surface area (Å²) in [5.41, 5.74) is 9.19. The Morgan fingerprint density at radius 1 is 1.15 bits per heavy atom. The van der Waals surface area contributed by atoms with Gasteiger partial charge in [0.05, 0.1) is 34.4 Å². The van der Waals surface area contributed by atoms with Crippen LogP contribution in [-0.4, -0.2) is 29.6 Å². The maximum absolute atomic E-state index is 12.9. The number of fused-ring (bicyclic) bond motifs is 2. The maximum atomic E-state index is 12.9. The van der Waals surface area contributed by atoms with Crippen molar-refractivity contribution >= 4 is 17.6 Å². The summed E-state index contributed by atoms with van der Waals surface area (Å²) >= 11 is 6.18. The second kappa shape index (κ2) is 10.2. The zero-order valence-electron chi connectivity index (χ0n) is 21.1. The molecule has 200 valence electrons. The van der Waals surface area contributed by atoms with Crippen molar-refractivity contribution < 1.29 is 28.5 Å². The second-order valence-electron chi connectivity index (χ2n) is 8.82. The number of nitrogens with one attached hydrogen (secondary N) is 1. The number of nitrogens with two attached hydrogens (primary N) is 1. The van der Waals surface area contributed by atoms with E-state index in [1.54, 1.807) is 48.5 Å². The monoisotopic (exact) mass is 556 g/mol. The minimum Gasteiger partial charge on any atom is -0.490 e. The molecular weight excluding hydrogens is 536 g/mol. The van der Waals surface area contributed by atoms with E-state index in [-0.39, 0.29) is 40.5 Å². The third-order valence-corrected chi connectivity index (χ3v) is 6.83. The average Bonchev–Trinajstić information content (AvgIpc) is 3.60. The van der Waals surface area contributed by atoms with Crippen molar-refractivity contribution in [2.45, 2.75) is 12.8 Å². The quantitative estimate of drug-likeness (QED) is 0.239. The van der Waals surface area contributed by atoms with Crippen LogP contribution in [0.25, 0.3) is 11.3 Å². The number of esters is 1. The fraction of sp³-hybridized carbons (Fsp3) is 0.138. The van der Waals surface area contributed by atoms with Gasteiger partial charge in [-0.15, -0.1) is 5.10 Å². The highest BCUT2D eigenvalue weighted by molar-refractivity contribution is 6.33. The molecule has 0 amide bonds. The summed E-state index contributed by atoms with van der Waals surface area (Å²) in [5.74, 6) is 0.606. The van der Waals surface area contributed by atoms with Crippen LogP contribution in [0.5, 0.6) is 28.9 Å². The smallest absolute Gasteiger partial charge is 0.345 e. The molecule has 4 aromatic rings.